The molecule has 0 atom stereocenters. The maximum atomic E-state index is 12.5. The van der Waals surface area contributed by atoms with Gasteiger partial charge in [-0.15, -0.1) is 0 Å². The second-order valence-electron chi connectivity index (χ2n) is 5.50. The van der Waals surface area contributed by atoms with Gasteiger partial charge >= 0.3 is 0 Å². The molecule has 0 bridgehead atoms. The Bertz CT molecular complexity index is 558. The summed E-state index contributed by atoms with van der Waals surface area (Å²) in [5, 5.41) is 0. The molecule has 4 heteroatoms. The molecule has 0 unspecified atom stereocenters. The molecule has 0 radical (unpaired) electrons. The summed E-state index contributed by atoms with van der Waals surface area (Å²) in [5.41, 5.74) is 6.31. The van der Waals surface area contributed by atoms with Gasteiger partial charge in [0, 0.05) is 6.54 Å². The van der Waals surface area contributed by atoms with Crippen LogP contribution in [0.3, 0.4) is 0 Å². The highest BCUT2D eigenvalue weighted by Crippen LogP contribution is 2.27. The number of hydrogen-bond acceptors (Lipinski definition) is 3. The van der Waals surface area contributed by atoms with E-state index in [1.54, 1.807) is 18.2 Å². The molecule has 0 heterocycles. The molecular weight excluding hydrogens is 270 g/mol. The highest BCUT2D eigenvalue weighted by molar-refractivity contribution is 7.91. The van der Waals surface area contributed by atoms with E-state index in [1.165, 1.54) is 19.3 Å². The third kappa shape index (κ3) is 4.18. The van der Waals surface area contributed by atoms with E-state index in [0.717, 1.165) is 18.4 Å². The minimum absolute atomic E-state index is 0.289. The third-order valence-corrected chi connectivity index (χ3v) is 5.73. The summed E-state index contributed by atoms with van der Waals surface area (Å²) in [6.07, 6.45) is 9.36. The molecule has 1 aliphatic rings. The Balaban J connectivity index is 2.13. The summed E-state index contributed by atoms with van der Waals surface area (Å²) in [6.45, 7) is 0.457. The molecule has 1 saturated carbocycles. The van der Waals surface area contributed by atoms with Crippen LogP contribution in [0.1, 0.15) is 37.7 Å². The zero-order valence-corrected chi connectivity index (χ0v) is 12.6. The SMILES string of the molecule is NC/C=C/c1cccc(S(=O)(=O)CC2CCCCC2)c1. The van der Waals surface area contributed by atoms with Gasteiger partial charge in [0.05, 0.1) is 10.6 Å². The van der Waals surface area contributed by atoms with Crippen molar-refractivity contribution in [2.45, 2.75) is 37.0 Å². The number of nitrogens with two attached hydrogens (primary N) is 1. The fourth-order valence-corrected chi connectivity index (χ4v) is 4.52. The molecule has 0 saturated heterocycles. The summed E-state index contributed by atoms with van der Waals surface area (Å²) >= 11 is 0. The van der Waals surface area contributed by atoms with Crippen molar-refractivity contribution < 1.29 is 8.42 Å². The molecule has 0 aliphatic heterocycles. The van der Waals surface area contributed by atoms with E-state index in [9.17, 15) is 8.42 Å². The van der Waals surface area contributed by atoms with Crippen LogP contribution in [0.2, 0.25) is 0 Å². The molecule has 1 aromatic rings. The minimum atomic E-state index is -3.17. The molecule has 110 valence electrons. The second kappa shape index (κ2) is 7.04. The van der Waals surface area contributed by atoms with Gasteiger partial charge in [-0.2, -0.15) is 0 Å². The molecule has 1 fully saturated rings. The molecule has 1 aliphatic carbocycles. The van der Waals surface area contributed by atoms with E-state index in [0.29, 0.717) is 17.4 Å². The van der Waals surface area contributed by atoms with E-state index >= 15 is 0 Å². The average Bonchev–Trinajstić information content (AvgIpc) is 2.46. The number of hydrogen-bond donors (Lipinski definition) is 1. The Morgan fingerprint density at radius 3 is 2.65 bits per heavy atom. The van der Waals surface area contributed by atoms with Crippen LogP contribution in [0.4, 0.5) is 0 Å². The van der Waals surface area contributed by atoms with Crippen molar-refractivity contribution in [3.05, 3.63) is 35.9 Å². The van der Waals surface area contributed by atoms with E-state index < -0.39 is 9.84 Å². The predicted molar refractivity (Wildman–Crippen MR) is 83.2 cm³/mol. The van der Waals surface area contributed by atoms with Crippen molar-refractivity contribution in [2.75, 3.05) is 12.3 Å². The molecule has 0 aromatic heterocycles. The first-order chi connectivity index (χ1) is 9.62. The minimum Gasteiger partial charge on any atom is -0.327 e. The van der Waals surface area contributed by atoms with Crippen LogP contribution in [0.25, 0.3) is 6.08 Å². The maximum Gasteiger partial charge on any atom is 0.178 e. The summed E-state index contributed by atoms with van der Waals surface area (Å²) in [6, 6.07) is 7.12. The smallest absolute Gasteiger partial charge is 0.178 e. The molecule has 0 spiro atoms. The third-order valence-electron chi connectivity index (χ3n) is 3.84. The van der Waals surface area contributed by atoms with Crippen LogP contribution in [0.5, 0.6) is 0 Å². The monoisotopic (exact) mass is 293 g/mol. The van der Waals surface area contributed by atoms with Crippen molar-refractivity contribution in [3.63, 3.8) is 0 Å². The highest BCUT2D eigenvalue weighted by atomic mass is 32.2. The predicted octanol–water partition coefficient (Wildman–Crippen LogP) is 3.01. The molecule has 3 nitrogen and oxygen atoms in total. The van der Waals surface area contributed by atoms with Crippen LogP contribution >= 0.6 is 0 Å². The normalized spacial score (nSPS) is 17.6. The van der Waals surface area contributed by atoms with Crippen molar-refractivity contribution in [1.82, 2.24) is 0 Å². The highest BCUT2D eigenvalue weighted by Gasteiger charge is 2.22. The zero-order valence-electron chi connectivity index (χ0n) is 11.8. The molecule has 20 heavy (non-hydrogen) atoms. The number of rotatable bonds is 5. The summed E-state index contributed by atoms with van der Waals surface area (Å²) in [5.74, 6) is 0.619. The van der Waals surface area contributed by atoms with Crippen molar-refractivity contribution in [2.24, 2.45) is 11.7 Å². The lowest BCUT2D eigenvalue weighted by Crippen LogP contribution is -2.18. The number of sulfone groups is 1. The van der Waals surface area contributed by atoms with Gasteiger partial charge in [0.1, 0.15) is 0 Å². The quantitative estimate of drug-likeness (QED) is 0.907. The standard InChI is InChI=1S/C16H23NO2S/c17-11-5-9-14-8-4-10-16(12-14)20(18,19)13-15-6-2-1-3-7-15/h4-5,8-10,12,15H,1-3,6-7,11,13,17H2/b9-5+. The van der Waals surface area contributed by atoms with Gasteiger partial charge in [-0.25, -0.2) is 8.42 Å². The van der Waals surface area contributed by atoms with Crippen LogP contribution < -0.4 is 5.73 Å². The zero-order chi connectivity index (χ0) is 14.4. The Morgan fingerprint density at radius 2 is 1.95 bits per heavy atom. The van der Waals surface area contributed by atoms with Crippen LogP contribution in [-0.2, 0) is 9.84 Å². The van der Waals surface area contributed by atoms with Crippen molar-refractivity contribution >= 4 is 15.9 Å². The Labute approximate surface area is 121 Å². The summed E-state index contributed by atoms with van der Waals surface area (Å²) in [4.78, 5) is 0.433. The first-order valence-electron chi connectivity index (χ1n) is 7.31. The maximum absolute atomic E-state index is 12.5. The fourth-order valence-electron chi connectivity index (χ4n) is 2.78. The van der Waals surface area contributed by atoms with Crippen LogP contribution in [0, 0.1) is 5.92 Å². The van der Waals surface area contributed by atoms with Crippen LogP contribution in [-0.4, -0.2) is 20.7 Å². The van der Waals surface area contributed by atoms with E-state index in [4.69, 9.17) is 5.73 Å². The first kappa shape index (κ1) is 15.3. The topological polar surface area (TPSA) is 60.2 Å². The van der Waals surface area contributed by atoms with E-state index in [2.05, 4.69) is 0 Å². The van der Waals surface area contributed by atoms with E-state index in [-0.39, 0.29) is 5.75 Å². The summed E-state index contributed by atoms with van der Waals surface area (Å²) in [7, 11) is -3.17. The van der Waals surface area contributed by atoms with Gasteiger partial charge in [0.25, 0.3) is 0 Å². The lowest BCUT2D eigenvalue weighted by Gasteiger charge is -2.21. The largest absolute Gasteiger partial charge is 0.327 e. The van der Waals surface area contributed by atoms with Crippen LogP contribution in [0.15, 0.2) is 35.2 Å². The Kier molecular flexibility index (Phi) is 5.38. The molecule has 1 aromatic carbocycles. The molecule has 2 N–H and O–H groups in total. The average molecular weight is 293 g/mol. The Hall–Kier alpha value is -1.13. The molecule has 0 amide bonds. The fraction of sp³-hybridized carbons (Fsp3) is 0.500. The van der Waals surface area contributed by atoms with Gasteiger partial charge in [-0.3, -0.25) is 0 Å². The number of benzene rings is 1. The second-order valence-corrected chi connectivity index (χ2v) is 7.53. The van der Waals surface area contributed by atoms with Gasteiger partial charge in [-0.05, 0) is 36.5 Å². The first-order valence-corrected chi connectivity index (χ1v) is 8.96. The van der Waals surface area contributed by atoms with E-state index in [1.807, 2.05) is 18.2 Å². The van der Waals surface area contributed by atoms with Gasteiger partial charge in [-0.1, -0.05) is 43.5 Å². The molecule has 2 rings (SSSR count). The van der Waals surface area contributed by atoms with Gasteiger partial charge < -0.3 is 5.73 Å². The van der Waals surface area contributed by atoms with Gasteiger partial charge in [0.15, 0.2) is 9.84 Å². The van der Waals surface area contributed by atoms with Crippen molar-refractivity contribution in [1.29, 1.82) is 0 Å². The van der Waals surface area contributed by atoms with Gasteiger partial charge in [0.2, 0.25) is 0 Å². The summed E-state index contributed by atoms with van der Waals surface area (Å²) < 4.78 is 25.0. The molecular formula is C16H23NO2S. The lowest BCUT2D eigenvalue weighted by atomic mass is 9.91. The lowest BCUT2D eigenvalue weighted by molar-refractivity contribution is 0.385. The van der Waals surface area contributed by atoms with Crippen molar-refractivity contribution in [3.8, 4) is 0 Å². The Morgan fingerprint density at radius 1 is 1.20 bits per heavy atom.